The largest absolute Gasteiger partial charge is 0.382 e. The molecule has 1 aromatic carbocycles. The molecule has 0 spiro atoms. The van der Waals surface area contributed by atoms with Crippen molar-refractivity contribution in [2.45, 2.75) is 26.7 Å². The highest BCUT2D eigenvalue weighted by Gasteiger charge is 2.17. The number of anilines is 3. The molecule has 0 atom stereocenters. The maximum atomic E-state index is 12.4. The van der Waals surface area contributed by atoms with E-state index in [4.69, 9.17) is 5.73 Å². The molecule has 0 unspecified atom stereocenters. The summed E-state index contributed by atoms with van der Waals surface area (Å²) in [6, 6.07) is 7.78. The number of carbonyl (C=O) groups is 1. The average molecular weight is 304 g/mol. The molecule has 1 heterocycles. The van der Waals surface area contributed by atoms with Crippen molar-refractivity contribution >= 4 is 33.9 Å². The number of amides is 1. The highest BCUT2D eigenvalue weighted by atomic mass is 32.1. The summed E-state index contributed by atoms with van der Waals surface area (Å²) in [5.74, 6) is 0.371. The van der Waals surface area contributed by atoms with Crippen LogP contribution in [0.2, 0.25) is 0 Å². The van der Waals surface area contributed by atoms with Crippen molar-refractivity contribution in [1.29, 1.82) is 0 Å². The summed E-state index contributed by atoms with van der Waals surface area (Å²) in [4.78, 5) is 17.0. The maximum absolute atomic E-state index is 12.4. The fourth-order valence-corrected chi connectivity index (χ4v) is 2.86. The highest BCUT2D eigenvalue weighted by molar-refractivity contribution is 7.18. The number of para-hydroxylation sites is 1. The molecule has 112 valence electrons. The minimum absolute atomic E-state index is 0.220. The van der Waals surface area contributed by atoms with Gasteiger partial charge in [0.15, 0.2) is 5.13 Å². The Morgan fingerprint density at radius 1 is 1.38 bits per heavy atom. The van der Waals surface area contributed by atoms with Crippen LogP contribution < -0.4 is 16.4 Å². The Bertz CT molecular complexity index is 636. The normalized spacial score (nSPS) is 10.7. The second kappa shape index (κ2) is 6.58. The van der Waals surface area contributed by atoms with Gasteiger partial charge in [-0.05, 0) is 24.5 Å². The summed E-state index contributed by atoms with van der Waals surface area (Å²) in [5.41, 5.74) is 7.74. The number of benzene rings is 1. The van der Waals surface area contributed by atoms with E-state index in [9.17, 15) is 4.79 Å². The van der Waals surface area contributed by atoms with Crippen molar-refractivity contribution in [2.24, 2.45) is 0 Å². The molecule has 4 N–H and O–H groups in total. The molecule has 0 radical (unpaired) electrons. The standard InChI is InChI=1S/C15H20N4OS/c1-4-17-15-19-13(16)12(21-15)14(20)18-11-8-6-5-7-10(11)9(2)3/h5-9H,4,16H2,1-3H3,(H,17,19)(H,18,20). The Hall–Kier alpha value is -2.08. The first-order valence-corrected chi connectivity index (χ1v) is 7.75. The van der Waals surface area contributed by atoms with Crippen molar-refractivity contribution in [3.05, 3.63) is 34.7 Å². The number of nitrogens with two attached hydrogens (primary N) is 1. The van der Waals surface area contributed by atoms with E-state index in [1.54, 1.807) is 0 Å². The molecule has 2 aromatic rings. The van der Waals surface area contributed by atoms with Crippen LogP contribution in [0.4, 0.5) is 16.6 Å². The third-order valence-corrected chi connectivity index (χ3v) is 4.05. The van der Waals surface area contributed by atoms with Crippen molar-refractivity contribution in [2.75, 3.05) is 22.9 Å². The number of hydrogen-bond donors (Lipinski definition) is 3. The summed E-state index contributed by atoms with van der Waals surface area (Å²) in [7, 11) is 0. The van der Waals surface area contributed by atoms with Gasteiger partial charge in [0, 0.05) is 12.2 Å². The van der Waals surface area contributed by atoms with E-state index in [0.29, 0.717) is 15.9 Å². The van der Waals surface area contributed by atoms with Gasteiger partial charge in [-0.1, -0.05) is 43.4 Å². The number of hydrogen-bond acceptors (Lipinski definition) is 5. The minimum atomic E-state index is -0.220. The molecule has 2 rings (SSSR count). The fourth-order valence-electron chi connectivity index (χ4n) is 2.01. The number of thiazole rings is 1. The minimum Gasteiger partial charge on any atom is -0.382 e. The average Bonchev–Trinajstić information content (AvgIpc) is 2.80. The van der Waals surface area contributed by atoms with Crippen LogP contribution in [0.25, 0.3) is 0 Å². The summed E-state index contributed by atoms with van der Waals surface area (Å²) in [6.07, 6.45) is 0. The Balaban J connectivity index is 2.22. The molecule has 0 bridgehead atoms. The van der Waals surface area contributed by atoms with Crippen LogP contribution in [-0.4, -0.2) is 17.4 Å². The molecule has 1 amide bonds. The molecule has 0 aliphatic heterocycles. The van der Waals surface area contributed by atoms with Crippen molar-refractivity contribution in [3.63, 3.8) is 0 Å². The Labute approximate surface area is 128 Å². The predicted octanol–water partition coefficient (Wildman–Crippen LogP) is 3.53. The van der Waals surface area contributed by atoms with Gasteiger partial charge in [0.05, 0.1) is 0 Å². The quantitative estimate of drug-likeness (QED) is 0.789. The molecule has 5 nitrogen and oxygen atoms in total. The Morgan fingerprint density at radius 3 is 2.76 bits per heavy atom. The second-order valence-electron chi connectivity index (χ2n) is 4.96. The lowest BCUT2D eigenvalue weighted by atomic mass is 10.0. The number of nitrogen functional groups attached to an aromatic ring is 1. The second-order valence-corrected chi connectivity index (χ2v) is 5.96. The van der Waals surface area contributed by atoms with Gasteiger partial charge in [-0.3, -0.25) is 4.79 Å². The van der Waals surface area contributed by atoms with Gasteiger partial charge in [0.2, 0.25) is 0 Å². The van der Waals surface area contributed by atoms with E-state index in [0.717, 1.165) is 17.8 Å². The highest BCUT2D eigenvalue weighted by Crippen LogP contribution is 2.28. The molecular weight excluding hydrogens is 284 g/mol. The van der Waals surface area contributed by atoms with Crippen molar-refractivity contribution in [1.82, 2.24) is 4.98 Å². The van der Waals surface area contributed by atoms with Crippen LogP contribution in [0.15, 0.2) is 24.3 Å². The van der Waals surface area contributed by atoms with Crippen LogP contribution in [0.1, 0.15) is 41.9 Å². The van der Waals surface area contributed by atoms with E-state index < -0.39 is 0 Å². The molecule has 0 saturated heterocycles. The van der Waals surface area contributed by atoms with Crippen LogP contribution in [0.5, 0.6) is 0 Å². The summed E-state index contributed by atoms with van der Waals surface area (Å²) >= 11 is 1.27. The zero-order valence-electron chi connectivity index (χ0n) is 12.4. The van der Waals surface area contributed by atoms with Gasteiger partial charge < -0.3 is 16.4 Å². The topological polar surface area (TPSA) is 80.0 Å². The first kappa shape index (κ1) is 15.3. The number of carbonyl (C=O) groups excluding carboxylic acids is 1. The van der Waals surface area contributed by atoms with E-state index >= 15 is 0 Å². The molecule has 0 aliphatic rings. The molecule has 6 heteroatoms. The lowest BCUT2D eigenvalue weighted by Gasteiger charge is -2.13. The first-order valence-electron chi connectivity index (χ1n) is 6.93. The third kappa shape index (κ3) is 3.52. The zero-order chi connectivity index (χ0) is 15.4. The van der Waals surface area contributed by atoms with E-state index in [-0.39, 0.29) is 11.7 Å². The van der Waals surface area contributed by atoms with Gasteiger partial charge in [-0.25, -0.2) is 4.98 Å². The molecule has 0 saturated carbocycles. The molecule has 1 aromatic heterocycles. The van der Waals surface area contributed by atoms with Crippen molar-refractivity contribution < 1.29 is 4.79 Å². The predicted molar refractivity (Wildman–Crippen MR) is 89.2 cm³/mol. The number of nitrogens with one attached hydrogen (secondary N) is 2. The number of nitrogens with zero attached hydrogens (tertiary/aromatic N) is 1. The summed E-state index contributed by atoms with van der Waals surface area (Å²) < 4.78 is 0. The van der Waals surface area contributed by atoms with E-state index in [2.05, 4.69) is 29.5 Å². The molecule has 0 aliphatic carbocycles. The van der Waals surface area contributed by atoms with Gasteiger partial charge in [0.1, 0.15) is 10.7 Å². The lowest BCUT2D eigenvalue weighted by Crippen LogP contribution is -2.13. The molecule has 21 heavy (non-hydrogen) atoms. The zero-order valence-corrected chi connectivity index (χ0v) is 13.3. The van der Waals surface area contributed by atoms with Gasteiger partial charge in [-0.2, -0.15) is 0 Å². The fraction of sp³-hybridized carbons (Fsp3) is 0.333. The maximum Gasteiger partial charge on any atom is 0.269 e. The SMILES string of the molecule is CCNc1nc(N)c(C(=O)Nc2ccccc2C(C)C)s1. The summed E-state index contributed by atoms with van der Waals surface area (Å²) in [5, 5.41) is 6.66. The van der Waals surface area contributed by atoms with Crippen LogP contribution >= 0.6 is 11.3 Å². The van der Waals surface area contributed by atoms with E-state index in [1.165, 1.54) is 11.3 Å². The first-order chi connectivity index (χ1) is 10.0. The number of rotatable bonds is 5. The van der Waals surface area contributed by atoms with Crippen LogP contribution in [-0.2, 0) is 0 Å². The van der Waals surface area contributed by atoms with E-state index in [1.807, 2.05) is 31.2 Å². The molecular formula is C15H20N4OS. The van der Waals surface area contributed by atoms with Crippen LogP contribution in [0, 0.1) is 0 Å². The lowest BCUT2D eigenvalue weighted by molar-refractivity contribution is 0.103. The monoisotopic (exact) mass is 304 g/mol. The molecule has 0 fully saturated rings. The van der Waals surface area contributed by atoms with Gasteiger partial charge >= 0.3 is 0 Å². The number of aromatic nitrogens is 1. The van der Waals surface area contributed by atoms with Crippen molar-refractivity contribution in [3.8, 4) is 0 Å². The third-order valence-electron chi connectivity index (χ3n) is 3.02. The smallest absolute Gasteiger partial charge is 0.269 e. The van der Waals surface area contributed by atoms with Crippen LogP contribution in [0.3, 0.4) is 0 Å². The van der Waals surface area contributed by atoms with Gasteiger partial charge in [0.25, 0.3) is 5.91 Å². The Morgan fingerprint density at radius 2 is 2.10 bits per heavy atom. The Kier molecular flexibility index (Phi) is 4.80. The van der Waals surface area contributed by atoms with Gasteiger partial charge in [-0.15, -0.1) is 0 Å². The summed E-state index contributed by atoms with van der Waals surface area (Å²) in [6.45, 7) is 6.89.